The zero-order valence-electron chi connectivity index (χ0n) is 12.6. The lowest BCUT2D eigenvalue weighted by Gasteiger charge is -2.09. The van der Waals surface area contributed by atoms with Crippen LogP contribution in [0.2, 0.25) is 0 Å². The van der Waals surface area contributed by atoms with Gasteiger partial charge >= 0.3 is 0 Å². The summed E-state index contributed by atoms with van der Waals surface area (Å²) < 4.78 is 19.0. The maximum Gasteiger partial charge on any atom is 0.129 e. The normalized spacial score (nSPS) is 11.3. The lowest BCUT2D eigenvalue weighted by atomic mass is 10.0. The molecular formula is C16H26FNO. The standard InChI is InChI=1S/C16H26FNO/c1-12(2)11-18-6-8-19-7-5-15-9-13(3)16(17)14(4)10-15/h9-10,12,18H,5-8,11H2,1-4H3. The fourth-order valence-corrected chi connectivity index (χ4v) is 2.01. The van der Waals surface area contributed by atoms with Gasteiger partial charge in [-0.1, -0.05) is 26.0 Å². The highest BCUT2D eigenvalue weighted by Gasteiger charge is 2.04. The summed E-state index contributed by atoms with van der Waals surface area (Å²) in [6.07, 6.45) is 0.839. The minimum absolute atomic E-state index is 0.0949. The SMILES string of the molecule is Cc1cc(CCOCCNCC(C)C)cc(C)c1F. The summed E-state index contributed by atoms with van der Waals surface area (Å²) in [6, 6.07) is 3.81. The van der Waals surface area contributed by atoms with Crippen LogP contribution in [-0.2, 0) is 11.2 Å². The zero-order chi connectivity index (χ0) is 14.3. The summed E-state index contributed by atoms with van der Waals surface area (Å²) in [5, 5.41) is 3.33. The molecule has 0 atom stereocenters. The highest BCUT2D eigenvalue weighted by atomic mass is 19.1. The molecule has 0 aliphatic carbocycles. The largest absolute Gasteiger partial charge is 0.380 e. The van der Waals surface area contributed by atoms with Crippen LogP contribution < -0.4 is 5.32 Å². The molecule has 0 unspecified atom stereocenters. The third-order valence-corrected chi connectivity index (χ3v) is 3.01. The van der Waals surface area contributed by atoms with Crippen molar-refractivity contribution in [2.45, 2.75) is 34.1 Å². The van der Waals surface area contributed by atoms with Crippen LogP contribution in [0.25, 0.3) is 0 Å². The highest BCUT2D eigenvalue weighted by Crippen LogP contribution is 2.15. The molecule has 0 radical (unpaired) electrons. The van der Waals surface area contributed by atoms with Crippen molar-refractivity contribution in [2.24, 2.45) is 5.92 Å². The van der Waals surface area contributed by atoms with E-state index in [-0.39, 0.29) is 5.82 Å². The Morgan fingerprint density at radius 2 is 1.79 bits per heavy atom. The lowest BCUT2D eigenvalue weighted by Crippen LogP contribution is -2.24. The summed E-state index contributed by atoms with van der Waals surface area (Å²) in [5.74, 6) is 0.577. The first-order valence-electron chi connectivity index (χ1n) is 7.04. The topological polar surface area (TPSA) is 21.3 Å². The van der Waals surface area contributed by atoms with Crippen LogP contribution in [0.3, 0.4) is 0 Å². The molecule has 0 saturated carbocycles. The average molecular weight is 267 g/mol. The number of hydrogen-bond acceptors (Lipinski definition) is 2. The molecule has 0 aliphatic rings. The van der Waals surface area contributed by atoms with Crippen molar-refractivity contribution < 1.29 is 9.13 Å². The summed E-state index contributed by atoms with van der Waals surface area (Å²) >= 11 is 0. The summed E-state index contributed by atoms with van der Waals surface area (Å²) in [5.41, 5.74) is 2.58. The third kappa shape index (κ3) is 6.17. The van der Waals surface area contributed by atoms with Gasteiger partial charge in [-0.15, -0.1) is 0 Å². The van der Waals surface area contributed by atoms with Gasteiger partial charge in [-0.05, 0) is 49.4 Å². The second-order valence-electron chi connectivity index (χ2n) is 5.50. The van der Waals surface area contributed by atoms with Gasteiger partial charge < -0.3 is 10.1 Å². The molecule has 108 valence electrons. The predicted molar refractivity (Wildman–Crippen MR) is 78.1 cm³/mol. The van der Waals surface area contributed by atoms with Crippen LogP contribution in [0, 0.1) is 25.6 Å². The van der Waals surface area contributed by atoms with Gasteiger partial charge in [0.1, 0.15) is 5.82 Å². The molecule has 3 heteroatoms. The number of benzene rings is 1. The Morgan fingerprint density at radius 1 is 1.16 bits per heavy atom. The van der Waals surface area contributed by atoms with Crippen LogP contribution in [-0.4, -0.2) is 26.3 Å². The van der Waals surface area contributed by atoms with E-state index in [1.165, 1.54) is 0 Å². The summed E-state index contributed by atoms with van der Waals surface area (Å²) in [6.45, 7) is 11.3. The van der Waals surface area contributed by atoms with Crippen molar-refractivity contribution in [2.75, 3.05) is 26.3 Å². The van der Waals surface area contributed by atoms with E-state index in [9.17, 15) is 4.39 Å². The van der Waals surface area contributed by atoms with Gasteiger partial charge in [-0.25, -0.2) is 4.39 Å². The number of ether oxygens (including phenoxy) is 1. The number of hydrogen-bond donors (Lipinski definition) is 1. The van der Waals surface area contributed by atoms with Crippen LogP contribution >= 0.6 is 0 Å². The summed E-state index contributed by atoms with van der Waals surface area (Å²) in [4.78, 5) is 0. The van der Waals surface area contributed by atoms with Crippen molar-refractivity contribution in [3.8, 4) is 0 Å². The Hall–Kier alpha value is -0.930. The molecule has 0 amide bonds. The molecule has 1 rings (SSSR count). The molecule has 1 N–H and O–H groups in total. The van der Waals surface area contributed by atoms with Gasteiger partial charge in [0.25, 0.3) is 0 Å². The van der Waals surface area contributed by atoms with Crippen LogP contribution in [0.4, 0.5) is 4.39 Å². The van der Waals surface area contributed by atoms with Crippen LogP contribution in [0.5, 0.6) is 0 Å². The quantitative estimate of drug-likeness (QED) is 0.730. The van der Waals surface area contributed by atoms with Gasteiger partial charge in [0.2, 0.25) is 0 Å². The fourth-order valence-electron chi connectivity index (χ4n) is 2.01. The molecule has 0 saturated heterocycles. The first-order chi connectivity index (χ1) is 9.00. The Balaban J connectivity index is 2.19. The molecule has 0 aromatic heterocycles. The van der Waals surface area contributed by atoms with E-state index in [4.69, 9.17) is 4.74 Å². The number of nitrogens with one attached hydrogen (secondary N) is 1. The monoisotopic (exact) mass is 267 g/mol. The molecule has 1 aromatic rings. The minimum atomic E-state index is -0.0949. The van der Waals surface area contributed by atoms with E-state index in [2.05, 4.69) is 19.2 Å². The van der Waals surface area contributed by atoms with Crippen LogP contribution in [0.15, 0.2) is 12.1 Å². The van der Waals surface area contributed by atoms with E-state index in [1.807, 2.05) is 26.0 Å². The van der Waals surface area contributed by atoms with Gasteiger partial charge in [-0.2, -0.15) is 0 Å². The molecule has 0 aliphatic heterocycles. The molecule has 0 heterocycles. The van der Waals surface area contributed by atoms with Gasteiger partial charge in [0.05, 0.1) is 13.2 Å². The minimum Gasteiger partial charge on any atom is -0.380 e. The second kappa shape index (κ2) is 8.28. The Morgan fingerprint density at radius 3 is 2.37 bits per heavy atom. The summed E-state index contributed by atoms with van der Waals surface area (Å²) in [7, 11) is 0. The molecule has 19 heavy (non-hydrogen) atoms. The third-order valence-electron chi connectivity index (χ3n) is 3.01. The van der Waals surface area contributed by atoms with E-state index < -0.39 is 0 Å². The van der Waals surface area contributed by atoms with Crippen molar-refractivity contribution in [3.63, 3.8) is 0 Å². The molecule has 0 fully saturated rings. The number of rotatable bonds is 8. The molecule has 2 nitrogen and oxygen atoms in total. The van der Waals surface area contributed by atoms with Gasteiger partial charge in [0, 0.05) is 6.54 Å². The first kappa shape index (κ1) is 16.1. The molecule has 0 bridgehead atoms. The Labute approximate surface area is 116 Å². The molecule has 1 aromatic carbocycles. The van der Waals surface area contributed by atoms with E-state index >= 15 is 0 Å². The van der Waals surface area contributed by atoms with Gasteiger partial charge in [-0.3, -0.25) is 0 Å². The molecular weight excluding hydrogens is 241 g/mol. The molecule has 0 spiro atoms. The zero-order valence-corrected chi connectivity index (χ0v) is 12.6. The van der Waals surface area contributed by atoms with E-state index in [0.29, 0.717) is 23.7 Å². The smallest absolute Gasteiger partial charge is 0.129 e. The fraction of sp³-hybridized carbons (Fsp3) is 0.625. The maximum atomic E-state index is 13.5. The highest BCUT2D eigenvalue weighted by molar-refractivity contribution is 5.30. The van der Waals surface area contributed by atoms with Crippen LogP contribution in [0.1, 0.15) is 30.5 Å². The lowest BCUT2D eigenvalue weighted by molar-refractivity contribution is 0.138. The van der Waals surface area contributed by atoms with Crippen molar-refractivity contribution in [3.05, 3.63) is 34.6 Å². The van der Waals surface area contributed by atoms with Crippen molar-refractivity contribution in [1.29, 1.82) is 0 Å². The number of aryl methyl sites for hydroxylation is 2. The Kier molecular flexibility index (Phi) is 7.03. The number of halogens is 1. The maximum absolute atomic E-state index is 13.5. The second-order valence-corrected chi connectivity index (χ2v) is 5.50. The average Bonchev–Trinajstić information content (AvgIpc) is 2.34. The van der Waals surface area contributed by atoms with E-state index in [0.717, 1.165) is 31.7 Å². The van der Waals surface area contributed by atoms with Crippen molar-refractivity contribution >= 4 is 0 Å². The van der Waals surface area contributed by atoms with E-state index in [1.54, 1.807) is 0 Å². The van der Waals surface area contributed by atoms with Crippen molar-refractivity contribution in [1.82, 2.24) is 5.32 Å². The predicted octanol–water partition coefficient (Wildman–Crippen LogP) is 3.25. The Bertz CT molecular complexity index is 367. The first-order valence-corrected chi connectivity index (χ1v) is 7.04. The van der Waals surface area contributed by atoms with Gasteiger partial charge in [0.15, 0.2) is 0 Å².